The summed E-state index contributed by atoms with van der Waals surface area (Å²) >= 11 is 6.98. The molecule has 1 heterocycles. The number of thiophene rings is 1. The second-order valence-corrected chi connectivity index (χ2v) is 8.07. The number of ether oxygens (including phenoxy) is 1. The lowest BCUT2D eigenvalue weighted by molar-refractivity contribution is -0.155. The molecule has 1 aliphatic carbocycles. The molecule has 0 aliphatic heterocycles. The van der Waals surface area contributed by atoms with Gasteiger partial charge < -0.3 is 10.1 Å². The van der Waals surface area contributed by atoms with Gasteiger partial charge in [-0.2, -0.15) is 0 Å². The fourth-order valence-corrected chi connectivity index (χ4v) is 3.87. The van der Waals surface area contributed by atoms with Crippen LogP contribution in [0.15, 0.2) is 12.1 Å². The van der Waals surface area contributed by atoms with Gasteiger partial charge in [-0.05, 0) is 31.9 Å². The fourth-order valence-electron chi connectivity index (χ4n) is 2.85. The van der Waals surface area contributed by atoms with Crippen molar-refractivity contribution in [1.29, 1.82) is 0 Å². The summed E-state index contributed by atoms with van der Waals surface area (Å²) in [6.07, 6.45) is 5.77. The van der Waals surface area contributed by atoms with Gasteiger partial charge in [0, 0.05) is 12.5 Å². The molecule has 0 bridgehead atoms. The number of carbonyl (C=O) groups excluding carboxylic acids is 3. The minimum atomic E-state index is -0.845. The summed E-state index contributed by atoms with van der Waals surface area (Å²) in [4.78, 5) is 36.5. The highest BCUT2D eigenvalue weighted by molar-refractivity contribution is 7.18. The van der Waals surface area contributed by atoms with Gasteiger partial charge >= 0.3 is 5.97 Å². The molecule has 1 N–H and O–H groups in total. The van der Waals surface area contributed by atoms with Crippen LogP contribution in [0.3, 0.4) is 0 Å². The molecule has 25 heavy (non-hydrogen) atoms. The monoisotopic (exact) mass is 385 g/mol. The molecule has 7 heteroatoms. The van der Waals surface area contributed by atoms with E-state index < -0.39 is 12.1 Å². The molecule has 0 aromatic carbocycles. The van der Waals surface area contributed by atoms with Gasteiger partial charge in [0.25, 0.3) is 5.91 Å². The summed E-state index contributed by atoms with van der Waals surface area (Å²) < 4.78 is 5.69. The molecule has 1 atom stereocenters. The van der Waals surface area contributed by atoms with Gasteiger partial charge in [0.1, 0.15) is 0 Å². The number of hydrogen-bond donors (Lipinski definition) is 1. The molecule has 1 aromatic rings. The highest BCUT2D eigenvalue weighted by Gasteiger charge is 2.22. The van der Waals surface area contributed by atoms with Gasteiger partial charge in [0.2, 0.25) is 0 Å². The van der Waals surface area contributed by atoms with Crippen LogP contribution in [0.25, 0.3) is 0 Å². The van der Waals surface area contributed by atoms with Gasteiger partial charge in [-0.1, -0.05) is 37.3 Å². The summed E-state index contributed by atoms with van der Waals surface area (Å²) in [5.41, 5.74) is 0. The topological polar surface area (TPSA) is 72.5 Å². The Hall–Kier alpha value is -1.40. The van der Waals surface area contributed by atoms with Crippen molar-refractivity contribution in [2.24, 2.45) is 0 Å². The van der Waals surface area contributed by atoms with Gasteiger partial charge in [-0.15, -0.1) is 11.3 Å². The first-order valence-electron chi connectivity index (χ1n) is 8.74. The second-order valence-electron chi connectivity index (χ2n) is 6.36. The van der Waals surface area contributed by atoms with Crippen LogP contribution < -0.4 is 5.32 Å². The Balaban J connectivity index is 1.71. The lowest BCUT2D eigenvalue weighted by Gasteiger charge is -2.19. The molecule has 1 amide bonds. The van der Waals surface area contributed by atoms with Gasteiger partial charge in [0.15, 0.2) is 11.9 Å². The minimum Gasteiger partial charge on any atom is -0.453 e. The third kappa shape index (κ3) is 6.78. The SMILES string of the molecule is C[C@@H](OC(=O)CCC(=O)c1ccc(Cl)s1)C(=O)NC1CCCCCC1. The second kappa shape index (κ2) is 9.92. The zero-order valence-corrected chi connectivity index (χ0v) is 16.0. The molecule has 0 saturated heterocycles. The Bertz CT molecular complexity index is 608. The van der Waals surface area contributed by atoms with E-state index in [4.69, 9.17) is 16.3 Å². The first-order valence-corrected chi connectivity index (χ1v) is 9.93. The number of ketones is 1. The minimum absolute atomic E-state index is 0.0462. The number of carbonyl (C=O) groups is 3. The lowest BCUT2D eigenvalue weighted by atomic mass is 10.1. The lowest BCUT2D eigenvalue weighted by Crippen LogP contribution is -2.41. The predicted octanol–water partition coefficient (Wildman–Crippen LogP) is 4.14. The number of rotatable bonds is 7. The van der Waals surface area contributed by atoms with Crippen LogP contribution in [0.5, 0.6) is 0 Å². The van der Waals surface area contributed by atoms with Crippen molar-refractivity contribution in [1.82, 2.24) is 5.32 Å². The van der Waals surface area contributed by atoms with E-state index in [-0.39, 0.29) is 30.6 Å². The largest absolute Gasteiger partial charge is 0.453 e. The summed E-state index contributed by atoms with van der Waals surface area (Å²) in [6, 6.07) is 3.46. The first-order chi connectivity index (χ1) is 12.0. The van der Waals surface area contributed by atoms with Gasteiger partial charge in [-0.25, -0.2) is 0 Å². The fraction of sp³-hybridized carbons (Fsp3) is 0.611. The van der Waals surface area contributed by atoms with Crippen molar-refractivity contribution in [3.8, 4) is 0 Å². The highest BCUT2D eigenvalue weighted by atomic mass is 35.5. The summed E-state index contributed by atoms with van der Waals surface area (Å²) in [5, 5.41) is 2.96. The van der Waals surface area contributed by atoms with Crippen LogP contribution in [0.4, 0.5) is 0 Å². The molecular formula is C18H24ClNO4S. The smallest absolute Gasteiger partial charge is 0.307 e. The van der Waals surface area contributed by atoms with Crippen LogP contribution in [0.1, 0.15) is 68.0 Å². The molecule has 0 spiro atoms. The molecule has 5 nitrogen and oxygen atoms in total. The predicted molar refractivity (Wildman–Crippen MR) is 98.1 cm³/mol. The molecular weight excluding hydrogens is 362 g/mol. The maximum atomic E-state index is 12.2. The summed E-state index contributed by atoms with van der Waals surface area (Å²) in [6.45, 7) is 1.56. The van der Waals surface area contributed by atoms with Crippen LogP contribution in [0, 0.1) is 0 Å². The van der Waals surface area contributed by atoms with E-state index in [9.17, 15) is 14.4 Å². The number of amides is 1. The maximum Gasteiger partial charge on any atom is 0.307 e. The van der Waals surface area contributed by atoms with Crippen LogP contribution in [-0.2, 0) is 14.3 Å². The Kier molecular flexibility index (Phi) is 7.90. The van der Waals surface area contributed by atoms with E-state index in [0.717, 1.165) is 25.7 Å². The zero-order chi connectivity index (χ0) is 18.2. The number of Topliss-reactive ketones (excluding diaryl/α,β-unsaturated/α-hetero) is 1. The van der Waals surface area contributed by atoms with Crippen molar-refractivity contribution in [2.45, 2.75) is 70.4 Å². The van der Waals surface area contributed by atoms with Gasteiger partial charge in [-0.3, -0.25) is 14.4 Å². The standard InChI is InChI=1S/C18H24ClNO4S/c1-12(18(23)20-13-6-4-2-3-5-7-13)24-17(22)11-8-14(21)15-9-10-16(19)25-15/h9-10,12-13H,2-8,11H2,1H3,(H,20,23)/t12-/m1/s1. The Morgan fingerprint density at radius 2 is 1.88 bits per heavy atom. The third-order valence-electron chi connectivity index (χ3n) is 4.28. The average molecular weight is 386 g/mol. The average Bonchev–Trinajstić information content (AvgIpc) is 2.85. The van der Waals surface area contributed by atoms with E-state index in [1.165, 1.54) is 24.2 Å². The maximum absolute atomic E-state index is 12.2. The van der Waals surface area contributed by atoms with E-state index in [1.54, 1.807) is 19.1 Å². The molecule has 138 valence electrons. The van der Waals surface area contributed by atoms with E-state index >= 15 is 0 Å². The summed E-state index contributed by atoms with van der Waals surface area (Å²) in [5.74, 6) is -0.958. The molecule has 1 aliphatic rings. The van der Waals surface area contributed by atoms with E-state index in [0.29, 0.717) is 9.21 Å². The molecule has 0 unspecified atom stereocenters. The summed E-state index contributed by atoms with van der Waals surface area (Å²) in [7, 11) is 0. The van der Waals surface area contributed by atoms with Crippen LogP contribution >= 0.6 is 22.9 Å². The van der Waals surface area contributed by atoms with Gasteiger partial charge in [0.05, 0.1) is 15.6 Å². The van der Waals surface area contributed by atoms with E-state index in [2.05, 4.69) is 5.32 Å². The third-order valence-corrected chi connectivity index (χ3v) is 5.56. The highest BCUT2D eigenvalue weighted by Crippen LogP contribution is 2.23. The van der Waals surface area contributed by atoms with Crippen molar-refractivity contribution in [2.75, 3.05) is 0 Å². The normalized spacial score (nSPS) is 16.7. The first kappa shape index (κ1) is 19.9. The van der Waals surface area contributed by atoms with E-state index in [1.807, 2.05) is 0 Å². The number of hydrogen-bond acceptors (Lipinski definition) is 5. The van der Waals surface area contributed by atoms with Crippen molar-refractivity contribution in [3.05, 3.63) is 21.3 Å². The Morgan fingerprint density at radius 3 is 2.48 bits per heavy atom. The molecule has 2 rings (SSSR count). The van der Waals surface area contributed by atoms with Crippen molar-refractivity contribution in [3.63, 3.8) is 0 Å². The van der Waals surface area contributed by atoms with Crippen molar-refractivity contribution < 1.29 is 19.1 Å². The molecule has 1 saturated carbocycles. The molecule has 0 radical (unpaired) electrons. The number of esters is 1. The number of nitrogens with one attached hydrogen (secondary N) is 1. The molecule has 1 aromatic heterocycles. The Labute approximate surface area is 157 Å². The zero-order valence-electron chi connectivity index (χ0n) is 14.4. The molecule has 1 fully saturated rings. The van der Waals surface area contributed by atoms with Crippen molar-refractivity contribution >= 4 is 40.6 Å². The van der Waals surface area contributed by atoms with Crippen LogP contribution in [0.2, 0.25) is 4.34 Å². The van der Waals surface area contributed by atoms with Crippen LogP contribution in [-0.4, -0.2) is 29.8 Å². The number of halogens is 1. The Morgan fingerprint density at radius 1 is 1.20 bits per heavy atom. The quantitative estimate of drug-likeness (QED) is 0.435.